The van der Waals surface area contributed by atoms with Gasteiger partial charge in [0, 0.05) is 17.1 Å². The van der Waals surface area contributed by atoms with E-state index < -0.39 is 0 Å². The number of para-hydroxylation sites is 1. The number of rotatable bonds is 5. The van der Waals surface area contributed by atoms with Crippen molar-refractivity contribution < 1.29 is 4.74 Å². The van der Waals surface area contributed by atoms with E-state index in [2.05, 4.69) is 10.00 Å². The smallest absolute Gasteiger partial charge is 0.225 e. The molecule has 4 rings (SSSR count). The Morgan fingerprint density at radius 1 is 1.07 bits per heavy atom. The van der Waals surface area contributed by atoms with Crippen molar-refractivity contribution in [2.24, 2.45) is 0 Å². The minimum absolute atomic E-state index is 0. The van der Waals surface area contributed by atoms with Crippen LogP contribution in [0.4, 0.5) is 0 Å². The number of halogens is 2. The van der Waals surface area contributed by atoms with Crippen molar-refractivity contribution >= 4 is 40.6 Å². The maximum Gasteiger partial charge on any atom is 0.225 e. The van der Waals surface area contributed by atoms with Crippen LogP contribution in [0.15, 0.2) is 54.7 Å². The van der Waals surface area contributed by atoms with E-state index in [1.54, 1.807) is 0 Å². The molecular weight excluding hydrogens is 383 g/mol. The standard InChI is InChI=1S/C20H19ClN4O.ClH/c1-24(2)11-12-26-20-16-5-3-4-6-18(16)25-19(23-20)17(13-22-25)14-7-9-15(21)10-8-14;/h3-10,13H,11-12H2,1-2H3;1H. The maximum atomic E-state index is 6.02. The molecular formula is C20H20Cl2N4O. The highest BCUT2D eigenvalue weighted by molar-refractivity contribution is 6.30. The summed E-state index contributed by atoms with van der Waals surface area (Å²) in [6.07, 6.45) is 1.83. The minimum Gasteiger partial charge on any atom is -0.476 e. The number of nitrogens with zero attached hydrogens (tertiary/aromatic N) is 4. The molecule has 2 aromatic heterocycles. The van der Waals surface area contributed by atoms with Crippen LogP contribution in [0.2, 0.25) is 5.02 Å². The SMILES string of the molecule is CN(C)CCOc1nc2c(-c3ccc(Cl)cc3)cnn2c2ccccc12.Cl. The lowest BCUT2D eigenvalue weighted by Crippen LogP contribution is -2.19. The number of likely N-dealkylation sites (N-methyl/N-ethyl adjacent to an activating group) is 1. The van der Waals surface area contributed by atoms with Gasteiger partial charge in [-0.05, 0) is 43.9 Å². The Balaban J connectivity index is 0.00000210. The molecule has 4 aromatic rings. The Labute approximate surface area is 168 Å². The van der Waals surface area contributed by atoms with Crippen LogP contribution in [0.3, 0.4) is 0 Å². The molecule has 0 N–H and O–H groups in total. The molecule has 0 spiro atoms. The van der Waals surface area contributed by atoms with Gasteiger partial charge in [0.1, 0.15) is 6.61 Å². The van der Waals surface area contributed by atoms with Gasteiger partial charge in [-0.3, -0.25) is 0 Å². The summed E-state index contributed by atoms with van der Waals surface area (Å²) in [5.41, 5.74) is 3.71. The van der Waals surface area contributed by atoms with Crippen LogP contribution in [0.25, 0.3) is 27.7 Å². The average molecular weight is 403 g/mol. The normalized spacial score (nSPS) is 11.1. The largest absolute Gasteiger partial charge is 0.476 e. The van der Waals surface area contributed by atoms with Crippen LogP contribution in [0.5, 0.6) is 5.88 Å². The number of benzene rings is 2. The van der Waals surface area contributed by atoms with Crippen LogP contribution in [0, 0.1) is 0 Å². The van der Waals surface area contributed by atoms with Gasteiger partial charge < -0.3 is 9.64 Å². The summed E-state index contributed by atoms with van der Waals surface area (Å²) < 4.78 is 7.86. The van der Waals surface area contributed by atoms with Gasteiger partial charge in [-0.2, -0.15) is 10.1 Å². The van der Waals surface area contributed by atoms with Gasteiger partial charge >= 0.3 is 0 Å². The lowest BCUT2D eigenvalue weighted by molar-refractivity contribution is 0.257. The van der Waals surface area contributed by atoms with Gasteiger partial charge in [-0.25, -0.2) is 4.52 Å². The van der Waals surface area contributed by atoms with Gasteiger partial charge in [0.25, 0.3) is 0 Å². The Bertz CT molecular complexity index is 1060. The molecule has 0 aliphatic rings. The summed E-state index contributed by atoms with van der Waals surface area (Å²) in [6, 6.07) is 15.7. The maximum absolute atomic E-state index is 6.02. The topological polar surface area (TPSA) is 42.7 Å². The lowest BCUT2D eigenvalue weighted by Gasteiger charge is -2.13. The van der Waals surface area contributed by atoms with Crippen molar-refractivity contribution in [3.8, 4) is 17.0 Å². The molecule has 2 heterocycles. The van der Waals surface area contributed by atoms with Crippen molar-refractivity contribution in [2.75, 3.05) is 27.2 Å². The van der Waals surface area contributed by atoms with Crippen molar-refractivity contribution in [2.45, 2.75) is 0 Å². The Kier molecular flexibility index (Phi) is 5.85. The predicted octanol–water partition coefficient (Wildman–Crippen LogP) is 4.57. The zero-order valence-corrected chi connectivity index (χ0v) is 16.7. The lowest BCUT2D eigenvalue weighted by atomic mass is 10.1. The van der Waals surface area contributed by atoms with Crippen LogP contribution in [-0.4, -0.2) is 46.7 Å². The molecule has 0 unspecified atom stereocenters. The number of aromatic nitrogens is 3. The monoisotopic (exact) mass is 402 g/mol. The van der Waals surface area contributed by atoms with E-state index in [1.165, 1.54) is 0 Å². The fraction of sp³-hybridized carbons (Fsp3) is 0.200. The molecule has 0 saturated carbocycles. The third-order valence-electron chi connectivity index (χ3n) is 4.25. The van der Waals surface area contributed by atoms with Crippen molar-refractivity contribution in [1.82, 2.24) is 19.5 Å². The molecule has 27 heavy (non-hydrogen) atoms. The van der Waals surface area contributed by atoms with Crippen LogP contribution >= 0.6 is 24.0 Å². The van der Waals surface area contributed by atoms with Gasteiger partial charge in [-0.15, -0.1) is 12.4 Å². The van der Waals surface area contributed by atoms with E-state index >= 15 is 0 Å². The quantitative estimate of drug-likeness (QED) is 0.490. The van der Waals surface area contributed by atoms with Crippen molar-refractivity contribution in [3.05, 3.63) is 59.8 Å². The number of ether oxygens (including phenoxy) is 1. The van der Waals surface area contributed by atoms with Gasteiger partial charge in [0.15, 0.2) is 5.65 Å². The second-order valence-electron chi connectivity index (χ2n) is 6.39. The fourth-order valence-corrected chi connectivity index (χ4v) is 3.02. The first kappa shape index (κ1) is 19.4. The first-order chi connectivity index (χ1) is 12.6. The van der Waals surface area contributed by atoms with E-state index in [0.29, 0.717) is 17.5 Å². The molecule has 7 heteroatoms. The first-order valence-corrected chi connectivity index (χ1v) is 8.81. The van der Waals surface area contributed by atoms with Gasteiger partial charge in [0.2, 0.25) is 5.88 Å². The number of hydrogen-bond donors (Lipinski definition) is 0. The Morgan fingerprint density at radius 3 is 2.56 bits per heavy atom. The molecule has 5 nitrogen and oxygen atoms in total. The zero-order chi connectivity index (χ0) is 18.1. The van der Waals surface area contributed by atoms with E-state index in [-0.39, 0.29) is 12.4 Å². The highest BCUT2D eigenvalue weighted by Crippen LogP contribution is 2.30. The average Bonchev–Trinajstić information content (AvgIpc) is 3.06. The summed E-state index contributed by atoms with van der Waals surface area (Å²) in [5.74, 6) is 0.630. The summed E-state index contributed by atoms with van der Waals surface area (Å²) in [5, 5.41) is 6.21. The summed E-state index contributed by atoms with van der Waals surface area (Å²) in [6.45, 7) is 1.40. The van der Waals surface area contributed by atoms with E-state index in [1.807, 2.05) is 73.3 Å². The first-order valence-electron chi connectivity index (χ1n) is 8.43. The van der Waals surface area contributed by atoms with Gasteiger partial charge in [0.05, 0.1) is 17.1 Å². The van der Waals surface area contributed by atoms with E-state index in [9.17, 15) is 0 Å². The van der Waals surface area contributed by atoms with E-state index in [0.717, 1.165) is 34.2 Å². The molecule has 0 atom stereocenters. The molecule has 0 aliphatic heterocycles. The second-order valence-corrected chi connectivity index (χ2v) is 6.82. The molecule has 0 saturated heterocycles. The molecule has 0 bridgehead atoms. The van der Waals surface area contributed by atoms with Crippen LogP contribution < -0.4 is 4.74 Å². The minimum atomic E-state index is 0. The van der Waals surface area contributed by atoms with Crippen molar-refractivity contribution in [3.63, 3.8) is 0 Å². The zero-order valence-electron chi connectivity index (χ0n) is 15.1. The fourth-order valence-electron chi connectivity index (χ4n) is 2.89. The van der Waals surface area contributed by atoms with Crippen LogP contribution in [0.1, 0.15) is 0 Å². The third kappa shape index (κ3) is 3.86. The molecule has 0 amide bonds. The van der Waals surface area contributed by atoms with Gasteiger partial charge in [-0.1, -0.05) is 35.9 Å². The summed E-state index contributed by atoms with van der Waals surface area (Å²) >= 11 is 6.02. The number of fused-ring (bicyclic) bond motifs is 3. The highest BCUT2D eigenvalue weighted by Gasteiger charge is 2.15. The van der Waals surface area contributed by atoms with Crippen LogP contribution in [-0.2, 0) is 0 Å². The Morgan fingerprint density at radius 2 is 1.81 bits per heavy atom. The second kappa shape index (κ2) is 8.13. The van der Waals surface area contributed by atoms with Crippen molar-refractivity contribution in [1.29, 1.82) is 0 Å². The van der Waals surface area contributed by atoms with E-state index in [4.69, 9.17) is 21.3 Å². The molecule has 0 aliphatic carbocycles. The highest BCUT2D eigenvalue weighted by atomic mass is 35.5. The molecule has 0 fully saturated rings. The molecule has 140 valence electrons. The Hall–Kier alpha value is -2.34. The molecule has 2 aromatic carbocycles. The summed E-state index contributed by atoms with van der Waals surface area (Å²) in [4.78, 5) is 6.87. The molecule has 0 radical (unpaired) electrons. The summed E-state index contributed by atoms with van der Waals surface area (Å²) in [7, 11) is 4.04. The third-order valence-corrected chi connectivity index (χ3v) is 4.50. The number of hydrogen-bond acceptors (Lipinski definition) is 4. The predicted molar refractivity (Wildman–Crippen MR) is 112 cm³/mol.